The van der Waals surface area contributed by atoms with E-state index in [1.54, 1.807) is 30.2 Å². The molecule has 0 unspecified atom stereocenters. The minimum atomic E-state index is -3.40. The molecule has 2 heterocycles. The second-order valence-electron chi connectivity index (χ2n) is 9.41. The van der Waals surface area contributed by atoms with Crippen molar-refractivity contribution in [2.75, 3.05) is 25.1 Å². The molecule has 5 rings (SSSR count). The van der Waals surface area contributed by atoms with Gasteiger partial charge in [0, 0.05) is 25.2 Å². The van der Waals surface area contributed by atoms with Crippen molar-refractivity contribution in [1.29, 1.82) is 0 Å². The summed E-state index contributed by atoms with van der Waals surface area (Å²) in [5.74, 6) is -0.0688. The molecular formula is C25H28ClFN2O4S. The Balaban J connectivity index is 1.43. The van der Waals surface area contributed by atoms with Gasteiger partial charge >= 0.3 is 0 Å². The number of anilines is 1. The van der Waals surface area contributed by atoms with Crippen molar-refractivity contribution in [1.82, 2.24) is 4.90 Å². The maximum atomic E-state index is 13.4. The van der Waals surface area contributed by atoms with E-state index in [-0.39, 0.29) is 33.8 Å². The first-order valence-electron chi connectivity index (χ1n) is 11.7. The van der Waals surface area contributed by atoms with Gasteiger partial charge in [-0.15, -0.1) is 0 Å². The first-order valence-corrected chi connectivity index (χ1v) is 13.7. The maximum absolute atomic E-state index is 13.4. The summed E-state index contributed by atoms with van der Waals surface area (Å²) < 4.78 is 45.6. The smallest absolute Gasteiger partial charge is 0.255 e. The molecule has 9 heteroatoms. The summed E-state index contributed by atoms with van der Waals surface area (Å²) >= 11 is 6.14. The summed E-state index contributed by atoms with van der Waals surface area (Å²) in [5.41, 5.74) is 1.05. The van der Waals surface area contributed by atoms with Crippen LogP contribution in [0.3, 0.4) is 0 Å². The Hall–Kier alpha value is -2.32. The molecule has 34 heavy (non-hydrogen) atoms. The van der Waals surface area contributed by atoms with E-state index in [1.807, 2.05) is 0 Å². The van der Waals surface area contributed by atoms with E-state index < -0.39 is 15.7 Å². The number of hydrogen-bond donors (Lipinski definition) is 0. The van der Waals surface area contributed by atoms with Gasteiger partial charge in [0.15, 0.2) is 9.84 Å². The number of nitrogens with zero attached hydrogens (tertiary/aromatic N) is 2. The monoisotopic (exact) mass is 506 g/mol. The van der Waals surface area contributed by atoms with E-state index in [9.17, 15) is 17.6 Å². The number of ether oxygens (including phenoxy) is 1. The van der Waals surface area contributed by atoms with E-state index in [1.165, 1.54) is 12.1 Å². The van der Waals surface area contributed by atoms with Crippen LogP contribution in [0.15, 0.2) is 41.3 Å². The van der Waals surface area contributed by atoms with Crippen molar-refractivity contribution < 1.29 is 22.3 Å². The second-order valence-corrected chi connectivity index (χ2v) is 12.0. The van der Waals surface area contributed by atoms with E-state index in [0.29, 0.717) is 36.6 Å². The highest BCUT2D eigenvalue weighted by Gasteiger charge is 2.43. The standard InChI is InChI=1S/C25H28ClFN2O4S/c1-33-24-11-9-20(34(31,32)19-4-2-3-5-19)13-23(24)29-17-7-8-18(29)15-28(14-17)25(30)21-10-6-16(27)12-22(21)26/h6,9-13,17-19H,2-5,7-8,14-15H2,1H3/t17-,18+. The third kappa shape index (κ3) is 4.05. The lowest BCUT2D eigenvalue weighted by atomic mass is 10.1. The van der Waals surface area contributed by atoms with Gasteiger partial charge in [-0.25, -0.2) is 12.8 Å². The number of fused-ring (bicyclic) bond motifs is 2. The Labute approximate surface area is 204 Å². The number of benzene rings is 2. The number of sulfone groups is 1. The summed E-state index contributed by atoms with van der Waals surface area (Å²) in [4.78, 5) is 17.5. The Bertz CT molecular complexity index is 1200. The summed E-state index contributed by atoms with van der Waals surface area (Å²) in [7, 11) is -1.81. The fourth-order valence-electron chi connectivity index (χ4n) is 5.74. The summed E-state index contributed by atoms with van der Waals surface area (Å²) in [5, 5.41) is -0.216. The number of amides is 1. The van der Waals surface area contributed by atoms with Crippen molar-refractivity contribution in [3.05, 3.63) is 52.8 Å². The van der Waals surface area contributed by atoms with Gasteiger partial charge in [0.2, 0.25) is 0 Å². The van der Waals surface area contributed by atoms with Gasteiger partial charge in [0.05, 0.1) is 33.5 Å². The summed E-state index contributed by atoms with van der Waals surface area (Å²) in [6.07, 6.45) is 5.09. The van der Waals surface area contributed by atoms with Crippen molar-refractivity contribution in [2.24, 2.45) is 0 Å². The average molecular weight is 507 g/mol. The fourth-order valence-corrected chi connectivity index (χ4v) is 7.86. The molecule has 6 nitrogen and oxygen atoms in total. The molecule has 1 amide bonds. The number of halogens is 2. The normalized spacial score (nSPS) is 22.9. The van der Waals surface area contributed by atoms with Gasteiger partial charge in [-0.1, -0.05) is 24.4 Å². The Morgan fingerprint density at radius 1 is 1.03 bits per heavy atom. The Morgan fingerprint density at radius 3 is 2.32 bits per heavy atom. The molecule has 2 aromatic rings. The number of hydrogen-bond acceptors (Lipinski definition) is 5. The van der Waals surface area contributed by atoms with E-state index in [4.69, 9.17) is 16.3 Å². The van der Waals surface area contributed by atoms with Gasteiger partial charge in [0.1, 0.15) is 11.6 Å². The first-order chi connectivity index (χ1) is 16.3. The van der Waals surface area contributed by atoms with E-state index in [2.05, 4.69) is 4.90 Å². The zero-order valence-electron chi connectivity index (χ0n) is 19.0. The first kappa shape index (κ1) is 23.4. The zero-order valence-corrected chi connectivity index (χ0v) is 20.6. The van der Waals surface area contributed by atoms with Crippen LogP contribution in [0.1, 0.15) is 48.9 Å². The zero-order chi connectivity index (χ0) is 24.0. The lowest BCUT2D eigenvalue weighted by Gasteiger charge is -2.43. The van der Waals surface area contributed by atoms with Crippen LogP contribution >= 0.6 is 11.6 Å². The van der Waals surface area contributed by atoms with Crippen molar-refractivity contribution in [3.8, 4) is 5.75 Å². The predicted octanol–water partition coefficient (Wildman–Crippen LogP) is 4.70. The van der Waals surface area contributed by atoms with Crippen LogP contribution in [0, 0.1) is 5.82 Å². The molecular weight excluding hydrogens is 479 g/mol. The highest BCUT2D eigenvalue weighted by molar-refractivity contribution is 7.92. The number of piperazine rings is 1. The van der Waals surface area contributed by atoms with Crippen LogP contribution in [0.4, 0.5) is 10.1 Å². The predicted molar refractivity (Wildman–Crippen MR) is 129 cm³/mol. The molecule has 0 spiro atoms. The third-order valence-corrected chi connectivity index (χ3v) is 10.0. The highest BCUT2D eigenvalue weighted by atomic mass is 35.5. The number of likely N-dealkylation sites (tertiary alicyclic amines) is 1. The lowest BCUT2D eigenvalue weighted by molar-refractivity contribution is 0.0718. The number of carbonyl (C=O) groups is 1. The lowest BCUT2D eigenvalue weighted by Crippen LogP contribution is -2.55. The van der Waals surface area contributed by atoms with E-state index >= 15 is 0 Å². The molecule has 0 N–H and O–H groups in total. The summed E-state index contributed by atoms with van der Waals surface area (Å²) in [6, 6.07) is 9.02. The molecule has 0 aromatic heterocycles. The van der Waals surface area contributed by atoms with Gasteiger partial charge < -0.3 is 14.5 Å². The van der Waals surface area contributed by atoms with Crippen LogP contribution in [0.5, 0.6) is 5.75 Å². The van der Waals surface area contributed by atoms with Gasteiger partial charge in [-0.2, -0.15) is 0 Å². The van der Waals surface area contributed by atoms with Crippen LogP contribution in [0.2, 0.25) is 5.02 Å². The molecule has 182 valence electrons. The quantitative estimate of drug-likeness (QED) is 0.588. The minimum absolute atomic E-state index is 0.0280. The Kier molecular flexibility index (Phi) is 6.23. The SMILES string of the molecule is COc1ccc(S(=O)(=O)C2CCCC2)cc1N1[C@@H]2CC[C@H]1CN(C(=O)c1ccc(F)cc1Cl)C2. The molecule has 2 saturated heterocycles. The molecule has 2 atom stereocenters. The largest absolute Gasteiger partial charge is 0.495 e. The van der Waals surface area contributed by atoms with Gasteiger partial charge in [-0.05, 0) is 62.1 Å². The number of carbonyl (C=O) groups excluding carboxylic acids is 1. The average Bonchev–Trinajstić information content (AvgIpc) is 3.45. The summed E-state index contributed by atoms with van der Waals surface area (Å²) in [6.45, 7) is 0.956. The molecule has 3 fully saturated rings. The molecule has 2 aliphatic heterocycles. The van der Waals surface area contributed by atoms with Gasteiger partial charge in [-0.3, -0.25) is 4.79 Å². The Morgan fingerprint density at radius 2 is 1.71 bits per heavy atom. The van der Waals surface area contributed by atoms with Crippen molar-refractivity contribution >= 4 is 33.0 Å². The number of rotatable bonds is 5. The molecule has 1 saturated carbocycles. The van der Waals surface area contributed by atoms with Crippen molar-refractivity contribution in [2.45, 2.75) is 60.8 Å². The molecule has 2 aromatic carbocycles. The molecule has 0 radical (unpaired) electrons. The topological polar surface area (TPSA) is 66.9 Å². The molecule has 3 aliphatic rings. The molecule has 1 aliphatic carbocycles. The maximum Gasteiger partial charge on any atom is 0.255 e. The molecule has 2 bridgehead atoms. The van der Waals surface area contributed by atoms with E-state index in [0.717, 1.165) is 37.4 Å². The van der Waals surface area contributed by atoms with Gasteiger partial charge in [0.25, 0.3) is 5.91 Å². The van der Waals surface area contributed by atoms with Crippen LogP contribution in [0.25, 0.3) is 0 Å². The highest BCUT2D eigenvalue weighted by Crippen LogP contribution is 2.42. The fraction of sp³-hybridized carbons (Fsp3) is 0.480. The van der Waals surface area contributed by atoms with Crippen LogP contribution < -0.4 is 9.64 Å². The minimum Gasteiger partial charge on any atom is -0.495 e. The third-order valence-electron chi connectivity index (χ3n) is 7.43. The number of methoxy groups -OCH3 is 1. The van der Waals surface area contributed by atoms with Crippen LogP contribution in [-0.4, -0.2) is 56.8 Å². The second kappa shape index (κ2) is 9.04. The van der Waals surface area contributed by atoms with Crippen molar-refractivity contribution in [3.63, 3.8) is 0 Å². The van der Waals surface area contributed by atoms with Crippen LogP contribution in [-0.2, 0) is 9.84 Å².